The van der Waals surface area contributed by atoms with Crippen molar-refractivity contribution in [2.75, 3.05) is 0 Å². The molecule has 29 heavy (non-hydrogen) atoms. The SMILES string of the molecule is O=C(NC1CCCC1)c1cccc(Cn2c(=O)c3cccn3c3cccnc32)c1. The van der Waals surface area contributed by atoms with E-state index in [2.05, 4.69) is 10.3 Å². The van der Waals surface area contributed by atoms with Crippen molar-refractivity contribution in [3.63, 3.8) is 0 Å². The molecule has 6 heteroatoms. The van der Waals surface area contributed by atoms with Crippen molar-refractivity contribution in [2.45, 2.75) is 38.3 Å². The normalized spacial score (nSPS) is 14.6. The molecular formula is C23H22N4O2. The minimum absolute atomic E-state index is 0.0453. The van der Waals surface area contributed by atoms with Gasteiger partial charge in [0.05, 0.1) is 12.1 Å². The maximum Gasteiger partial charge on any atom is 0.276 e. The van der Waals surface area contributed by atoms with E-state index in [4.69, 9.17) is 0 Å². The summed E-state index contributed by atoms with van der Waals surface area (Å²) in [6, 6.07) is 15.3. The predicted molar refractivity (Wildman–Crippen MR) is 112 cm³/mol. The summed E-state index contributed by atoms with van der Waals surface area (Å²) in [5, 5.41) is 3.12. The van der Waals surface area contributed by atoms with Crippen molar-refractivity contribution in [3.05, 3.63) is 82.4 Å². The van der Waals surface area contributed by atoms with Gasteiger partial charge >= 0.3 is 0 Å². The first-order valence-electron chi connectivity index (χ1n) is 10.0. The number of carbonyl (C=O) groups is 1. The number of hydrogen-bond acceptors (Lipinski definition) is 3. The fourth-order valence-electron chi connectivity index (χ4n) is 4.26. The first-order chi connectivity index (χ1) is 14.2. The van der Waals surface area contributed by atoms with Crippen LogP contribution < -0.4 is 10.9 Å². The Balaban J connectivity index is 1.52. The van der Waals surface area contributed by atoms with Gasteiger partial charge < -0.3 is 9.72 Å². The Morgan fingerprint density at radius 1 is 1.07 bits per heavy atom. The van der Waals surface area contributed by atoms with E-state index in [-0.39, 0.29) is 17.5 Å². The number of benzene rings is 1. The summed E-state index contributed by atoms with van der Waals surface area (Å²) >= 11 is 0. The zero-order chi connectivity index (χ0) is 19.8. The van der Waals surface area contributed by atoms with Crippen molar-refractivity contribution >= 4 is 22.6 Å². The van der Waals surface area contributed by atoms with Gasteiger partial charge in [0.1, 0.15) is 5.52 Å². The van der Waals surface area contributed by atoms with E-state index in [9.17, 15) is 9.59 Å². The fraction of sp³-hybridized carbons (Fsp3) is 0.261. The molecule has 1 aromatic carbocycles. The molecule has 0 saturated heterocycles. The lowest BCUT2D eigenvalue weighted by atomic mass is 10.1. The third-order valence-electron chi connectivity index (χ3n) is 5.71. The molecule has 0 spiro atoms. The molecule has 0 aliphatic heterocycles. The Kier molecular flexibility index (Phi) is 4.39. The minimum Gasteiger partial charge on any atom is -0.349 e. The van der Waals surface area contributed by atoms with Gasteiger partial charge in [-0.25, -0.2) is 4.98 Å². The maximum absolute atomic E-state index is 13.1. The van der Waals surface area contributed by atoms with E-state index in [1.165, 1.54) is 12.8 Å². The van der Waals surface area contributed by atoms with Gasteiger partial charge in [-0.05, 0) is 54.8 Å². The molecule has 1 aliphatic rings. The number of hydrogen-bond donors (Lipinski definition) is 1. The van der Waals surface area contributed by atoms with Gasteiger partial charge in [-0.1, -0.05) is 25.0 Å². The van der Waals surface area contributed by atoms with E-state index in [1.54, 1.807) is 10.8 Å². The van der Waals surface area contributed by atoms with Gasteiger partial charge in [-0.3, -0.25) is 14.2 Å². The molecule has 1 N–H and O–H groups in total. The van der Waals surface area contributed by atoms with Gasteiger partial charge in [-0.2, -0.15) is 0 Å². The maximum atomic E-state index is 13.1. The Labute approximate surface area is 167 Å². The van der Waals surface area contributed by atoms with Gasteiger partial charge in [0, 0.05) is 24.0 Å². The first kappa shape index (κ1) is 17.7. The molecule has 1 saturated carbocycles. The van der Waals surface area contributed by atoms with Gasteiger partial charge in [0.25, 0.3) is 11.5 Å². The Bertz CT molecular complexity index is 1260. The van der Waals surface area contributed by atoms with Crippen LogP contribution in [0.2, 0.25) is 0 Å². The van der Waals surface area contributed by atoms with Crippen LogP contribution in [0.4, 0.5) is 0 Å². The highest BCUT2D eigenvalue weighted by Crippen LogP contribution is 2.19. The second kappa shape index (κ2) is 7.20. The van der Waals surface area contributed by atoms with Crippen molar-refractivity contribution in [2.24, 2.45) is 0 Å². The number of carbonyl (C=O) groups excluding carboxylic acids is 1. The summed E-state index contributed by atoms with van der Waals surface area (Å²) < 4.78 is 3.55. The van der Waals surface area contributed by atoms with Gasteiger partial charge in [-0.15, -0.1) is 0 Å². The fourth-order valence-corrected chi connectivity index (χ4v) is 4.26. The van der Waals surface area contributed by atoms with Crippen LogP contribution in [-0.2, 0) is 6.54 Å². The zero-order valence-electron chi connectivity index (χ0n) is 16.0. The van der Waals surface area contributed by atoms with Gasteiger partial charge in [0.2, 0.25) is 0 Å². The van der Waals surface area contributed by atoms with E-state index < -0.39 is 0 Å². The van der Waals surface area contributed by atoms with Gasteiger partial charge in [0.15, 0.2) is 5.65 Å². The van der Waals surface area contributed by atoms with Crippen LogP contribution in [0.3, 0.4) is 0 Å². The molecule has 4 aromatic rings. The number of pyridine rings is 1. The highest BCUT2D eigenvalue weighted by Gasteiger charge is 2.18. The molecule has 0 bridgehead atoms. The van der Waals surface area contributed by atoms with E-state index in [0.717, 1.165) is 23.9 Å². The molecule has 5 rings (SSSR count). The van der Waals surface area contributed by atoms with Crippen LogP contribution in [0, 0.1) is 0 Å². The lowest BCUT2D eigenvalue weighted by molar-refractivity contribution is 0.0938. The van der Waals surface area contributed by atoms with E-state index in [1.807, 2.05) is 59.1 Å². The monoisotopic (exact) mass is 386 g/mol. The summed E-state index contributed by atoms with van der Waals surface area (Å²) in [5.41, 5.74) is 3.55. The highest BCUT2D eigenvalue weighted by atomic mass is 16.1. The number of amides is 1. The zero-order valence-corrected chi connectivity index (χ0v) is 16.0. The third-order valence-corrected chi connectivity index (χ3v) is 5.71. The molecule has 0 radical (unpaired) electrons. The Morgan fingerprint density at radius 2 is 1.90 bits per heavy atom. The minimum atomic E-state index is -0.0954. The summed E-state index contributed by atoms with van der Waals surface area (Å²) in [6.45, 7) is 0.360. The average Bonchev–Trinajstić information content (AvgIpc) is 3.43. The molecular weight excluding hydrogens is 364 g/mol. The largest absolute Gasteiger partial charge is 0.349 e. The third kappa shape index (κ3) is 3.20. The lowest BCUT2D eigenvalue weighted by Gasteiger charge is -2.14. The Hall–Kier alpha value is -3.41. The molecule has 0 unspecified atom stereocenters. The van der Waals surface area contributed by atoms with Crippen LogP contribution in [0.15, 0.2) is 65.7 Å². The van der Waals surface area contributed by atoms with Crippen molar-refractivity contribution in [1.29, 1.82) is 0 Å². The van der Waals surface area contributed by atoms with Crippen molar-refractivity contribution in [3.8, 4) is 0 Å². The number of aromatic nitrogens is 3. The molecule has 1 amide bonds. The van der Waals surface area contributed by atoms with Crippen molar-refractivity contribution < 1.29 is 4.79 Å². The second-order valence-electron chi connectivity index (χ2n) is 7.66. The molecule has 0 atom stereocenters. The number of nitrogens with one attached hydrogen (secondary N) is 1. The van der Waals surface area contributed by atoms with E-state index in [0.29, 0.717) is 23.3 Å². The molecule has 3 aromatic heterocycles. The topological polar surface area (TPSA) is 68.4 Å². The summed E-state index contributed by atoms with van der Waals surface area (Å²) in [4.78, 5) is 30.2. The summed E-state index contributed by atoms with van der Waals surface area (Å²) in [5.74, 6) is -0.0453. The first-order valence-corrected chi connectivity index (χ1v) is 10.0. The molecule has 1 aliphatic carbocycles. The predicted octanol–water partition coefficient (Wildman–Crippen LogP) is 3.37. The van der Waals surface area contributed by atoms with Crippen LogP contribution in [0.25, 0.3) is 16.7 Å². The second-order valence-corrected chi connectivity index (χ2v) is 7.66. The van der Waals surface area contributed by atoms with Crippen LogP contribution in [0.1, 0.15) is 41.6 Å². The number of fused-ring (bicyclic) bond motifs is 3. The van der Waals surface area contributed by atoms with Crippen LogP contribution in [-0.4, -0.2) is 25.9 Å². The number of nitrogens with zero attached hydrogens (tertiary/aromatic N) is 3. The van der Waals surface area contributed by atoms with E-state index >= 15 is 0 Å². The quantitative estimate of drug-likeness (QED) is 0.585. The standard InChI is InChI=1S/C23H22N4O2/c28-22(25-18-8-1-2-9-18)17-7-3-6-16(14-17)15-27-21-19(10-4-12-24-21)26-13-5-11-20(26)23(27)29/h3-7,10-14,18H,1-2,8-9,15H2,(H,25,28). The highest BCUT2D eigenvalue weighted by molar-refractivity contribution is 5.94. The average molecular weight is 386 g/mol. The lowest BCUT2D eigenvalue weighted by Crippen LogP contribution is -2.32. The smallest absolute Gasteiger partial charge is 0.276 e. The molecule has 3 heterocycles. The van der Waals surface area contributed by atoms with Crippen molar-refractivity contribution in [1.82, 2.24) is 19.3 Å². The van der Waals surface area contributed by atoms with Crippen LogP contribution >= 0.6 is 0 Å². The summed E-state index contributed by atoms with van der Waals surface area (Å²) in [6.07, 6.45) is 8.02. The molecule has 6 nitrogen and oxygen atoms in total. The number of rotatable bonds is 4. The Morgan fingerprint density at radius 3 is 2.76 bits per heavy atom. The summed E-state index contributed by atoms with van der Waals surface area (Å²) in [7, 11) is 0. The molecule has 146 valence electrons. The molecule has 1 fully saturated rings. The van der Waals surface area contributed by atoms with Crippen LogP contribution in [0.5, 0.6) is 0 Å².